The van der Waals surface area contributed by atoms with Crippen LogP contribution >= 0.6 is 11.6 Å². The first-order chi connectivity index (χ1) is 19.6. The van der Waals surface area contributed by atoms with Crippen LogP contribution in [-0.2, 0) is 16.6 Å². The highest BCUT2D eigenvalue weighted by Gasteiger charge is 2.29. The van der Waals surface area contributed by atoms with Crippen LogP contribution in [0.15, 0.2) is 102 Å². The molecule has 4 aromatic rings. The normalized spacial score (nSPS) is 11.9. The number of para-hydroxylation sites is 2. The second-order valence-electron chi connectivity index (χ2n) is 9.75. The quantitative estimate of drug-likeness (QED) is 0.212. The summed E-state index contributed by atoms with van der Waals surface area (Å²) < 4.78 is 29.3. The lowest BCUT2D eigenvalue weighted by Gasteiger charge is -2.27. The first-order valence-corrected chi connectivity index (χ1v) is 15.1. The Kier molecular flexibility index (Phi) is 9.47. The zero-order valence-corrected chi connectivity index (χ0v) is 24.7. The van der Waals surface area contributed by atoms with Crippen molar-refractivity contribution in [3.63, 3.8) is 0 Å². The summed E-state index contributed by atoms with van der Waals surface area (Å²) in [6.07, 6.45) is 0.757. The summed E-state index contributed by atoms with van der Waals surface area (Å²) >= 11 is 6.07. The third-order valence-electron chi connectivity index (χ3n) is 6.68. The van der Waals surface area contributed by atoms with E-state index in [2.05, 4.69) is 10.6 Å². The van der Waals surface area contributed by atoms with Gasteiger partial charge in [0.15, 0.2) is 0 Å². The Bertz CT molecular complexity index is 1640. The minimum Gasteiger partial charge on any atom is -0.350 e. The van der Waals surface area contributed by atoms with Gasteiger partial charge in [-0.1, -0.05) is 72.6 Å². The number of hydrogen-bond donors (Lipinski definition) is 2. The summed E-state index contributed by atoms with van der Waals surface area (Å²) in [6.45, 7) is 5.71. The second-order valence-corrected chi connectivity index (χ2v) is 12.0. The van der Waals surface area contributed by atoms with Gasteiger partial charge in [-0.15, -0.1) is 0 Å². The predicted octanol–water partition coefficient (Wildman–Crippen LogP) is 6.82. The summed E-state index contributed by atoms with van der Waals surface area (Å²) in [5.41, 5.74) is 2.57. The molecule has 41 heavy (non-hydrogen) atoms. The third kappa shape index (κ3) is 7.14. The van der Waals surface area contributed by atoms with E-state index in [-0.39, 0.29) is 34.6 Å². The average Bonchev–Trinajstić information content (AvgIpc) is 2.97. The Labute approximate surface area is 246 Å². The number of rotatable bonds is 10. The number of carbonyl (C=O) groups is 2. The zero-order valence-electron chi connectivity index (χ0n) is 23.1. The molecule has 7 nitrogen and oxygen atoms in total. The number of nitrogens with one attached hydrogen (secondary N) is 2. The Morgan fingerprint density at radius 2 is 1.44 bits per heavy atom. The van der Waals surface area contributed by atoms with Gasteiger partial charge >= 0.3 is 0 Å². The number of carbonyl (C=O) groups excluding carboxylic acids is 2. The van der Waals surface area contributed by atoms with E-state index >= 15 is 0 Å². The van der Waals surface area contributed by atoms with Crippen molar-refractivity contribution in [1.29, 1.82) is 0 Å². The number of aryl methyl sites for hydroxylation is 1. The summed E-state index contributed by atoms with van der Waals surface area (Å²) in [7, 11) is -4.09. The lowest BCUT2D eigenvalue weighted by Crippen LogP contribution is -2.33. The van der Waals surface area contributed by atoms with Crippen molar-refractivity contribution in [3.8, 4) is 0 Å². The molecule has 0 aromatic heterocycles. The fraction of sp³-hybridized carbons (Fsp3) is 0.188. The van der Waals surface area contributed by atoms with Crippen molar-refractivity contribution in [3.05, 3.63) is 124 Å². The number of anilines is 2. The molecule has 0 fully saturated rings. The maximum atomic E-state index is 14.0. The summed E-state index contributed by atoms with van der Waals surface area (Å²) in [5, 5.41) is 6.27. The standard InChI is InChI=1S/C32H32ClN3O4S/c1-4-23(3)34-31(37)27-9-5-7-11-29(27)35-32(38)28-10-6-8-12-30(28)36(21-24-15-17-25(33)18-16-24)41(39,40)26-19-13-22(2)14-20-26/h5-20,23H,4,21H2,1-3H3,(H,34,37)(H,35,38)/t23-/m0/s1. The van der Waals surface area contributed by atoms with Crippen molar-refractivity contribution >= 4 is 44.8 Å². The maximum absolute atomic E-state index is 14.0. The number of halogens is 1. The van der Waals surface area contributed by atoms with E-state index in [4.69, 9.17) is 11.6 Å². The molecule has 1 atom stereocenters. The van der Waals surface area contributed by atoms with E-state index in [1.165, 1.54) is 4.31 Å². The van der Waals surface area contributed by atoms with Crippen LogP contribution in [0.1, 0.15) is 52.1 Å². The summed E-state index contributed by atoms with van der Waals surface area (Å²) in [4.78, 5) is 26.7. The van der Waals surface area contributed by atoms with E-state index in [1.54, 1.807) is 97.1 Å². The van der Waals surface area contributed by atoms with Gasteiger partial charge in [0.05, 0.1) is 33.9 Å². The maximum Gasteiger partial charge on any atom is 0.264 e. The molecule has 0 saturated carbocycles. The lowest BCUT2D eigenvalue weighted by molar-refractivity contribution is 0.0940. The first-order valence-electron chi connectivity index (χ1n) is 13.2. The number of benzene rings is 4. The molecule has 2 amide bonds. The second kappa shape index (κ2) is 13.0. The van der Waals surface area contributed by atoms with Crippen LogP contribution in [0.4, 0.5) is 11.4 Å². The molecule has 0 spiro atoms. The molecule has 4 rings (SSSR count). The summed E-state index contributed by atoms with van der Waals surface area (Å²) in [6, 6.07) is 26.6. The zero-order chi connectivity index (χ0) is 29.6. The van der Waals surface area contributed by atoms with E-state index in [0.29, 0.717) is 21.8 Å². The Morgan fingerprint density at radius 1 is 0.829 bits per heavy atom. The largest absolute Gasteiger partial charge is 0.350 e. The highest BCUT2D eigenvalue weighted by molar-refractivity contribution is 7.92. The van der Waals surface area contributed by atoms with Crippen LogP contribution in [0.3, 0.4) is 0 Å². The van der Waals surface area contributed by atoms with Crippen molar-refractivity contribution in [2.45, 2.75) is 44.7 Å². The van der Waals surface area contributed by atoms with Gasteiger partial charge in [0.2, 0.25) is 0 Å². The van der Waals surface area contributed by atoms with Gasteiger partial charge in [0.1, 0.15) is 0 Å². The Hall–Kier alpha value is -4.14. The van der Waals surface area contributed by atoms with Gasteiger partial charge in [-0.05, 0) is 74.4 Å². The number of amides is 2. The molecule has 0 heterocycles. The molecule has 0 unspecified atom stereocenters. The number of hydrogen-bond acceptors (Lipinski definition) is 4. The highest BCUT2D eigenvalue weighted by atomic mass is 35.5. The molecule has 0 aliphatic rings. The van der Waals surface area contributed by atoms with Crippen molar-refractivity contribution in [2.24, 2.45) is 0 Å². The van der Waals surface area contributed by atoms with E-state index in [9.17, 15) is 18.0 Å². The van der Waals surface area contributed by atoms with Crippen molar-refractivity contribution in [2.75, 3.05) is 9.62 Å². The topological polar surface area (TPSA) is 95.6 Å². The smallest absolute Gasteiger partial charge is 0.264 e. The molecule has 2 N–H and O–H groups in total. The molecule has 0 saturated heterocycles. The van der Waals surface area contributed by atoms with E-state index in [1.807, 2.05) is 20.8 Å². The van der Waals surface area contributed by atoms with E-state index < -0.39 is 15.9 Å². The third-order valence-corrected chi connectivity index (χ3v) is 8.70. The molecule has 0 aliphatic carbocycles. The molecule has 0 radical (unpaired) electrons. The van der Waals surface area contributed by atoms with E-state index in [0.717, 1.165) is 12.0 Å². The molecule has 212 valence electrons. The fourth-order valence-corrected chi connectivity index (χ4v) is 5.76. The molecular weight excluding hydrogens is 558 g/mol. The minimum atomic E-state index is -4.09. The monoisotopic (exact) mass is 589 g/mol. The van der Waals surface area contributed by atoms with Gasteiger partial charge in [-0.3, -0.25) is 13.9 Å². The molecule has 0 aliphatic heterocycles. The Balaban J connectivity index is 1.75. The van der Waals surface area contributed by atoms with Crippen molar-refractivity contribution in [1.82, 2.24) is 5.32 Å². The minimum absolute atomic E-state index is 0.0361. The van der Waals surface area contributed by atoms with Gasteiger partial charge in [-0.25, -0.2) is 8.42 Å². The SMILES string of the molecule is CC[C@H](C)NC(=O)c1ccccc1NC(=O)c1ccccc1N(Cc1ccc(Cl)cc1)S(=O)(=O)c1ccc(C)cc1. The molecule has 0 bridgehead atoms. The van der Waals surface area contributed by atoms with Crippen LogP contribution in [-0.4, -0.2) is 26.3 Å². The van der Waals surface area contributed by atoms with Crippen molar-refractivity contribution < 1.29 is 18.0 Å². The number of nitrogens with zero attached hydrogens (tertiary/aromatic N) is 1. The van der Waals surface area contributed by atoms with Crippen LogP contribution < -0.4 is 14.9 Å². The van der Waals surface area contributed by atoms with Gasteiger partial charge < -0.3 is 10.6 Å². The van der Waals surface area contributed by atoms with Gasteiger partial charge in [0.25, 0.3) is 21.8 Å². The highest BCUT2D eigenvalue weighted by Crippen LogP contribution is 2.30. The number of sulfonamides is 1. The molecule has 4 aromatic carbocycles. The Morgan fingerprint density at radius 3 is 2.10 bits per heavy atom. The van der Waals surface area contributed by atoms with Gasteiger partial charge in [0, 0.05) is 11.1 Å². The average molecular weight is 590 g/mol. The fourth-order valence-electron chi connectivity index (χ4n) is 4.16. The molecule has 9 heteroatoms. The predicted molar refractivity (Wildman–Crippen MR) is 164 cm³/mol. The van der Waals surface area contributed by atoms with Crippen LogP contribution in [0, 0.1) is 6.92 Å². The van der Waals surface area contributed by atoms with Crippen LogP contribution in [0.25, 0.3) is 0 Å². The van der Waals surface area contributed by atoms with Crippen LogP contribution in [0.2, 0.25) is 5.02 Å². The lowest BCUT2D eigenvalue weighted by atomic mass is 10.1. The molecular formula is C32H32ClN3O4S. The van der Waals surface area contributed by atoms with Crippen LogP contribution in [0.5, 0.6) is 0 Å². The first kappa shape index (κ1) is 29.8. The summed E-state index contributed by atoms with van der Waals surface area (Å²) in [5.74, 6) is -0.862. The van der Waals surface area contributed by atoms with Gasteiger partial charge in [-0.2, -0.15) is 0 Å².